The summed E-state index contributed by atoms with van der Waals surface area (Å²) >= 11 is 0. The highest BCUT2D eigenvalue weighted by molar-refractivity contribution is 5.89. The molecule has 4 rings (SSSR count). The number of benzene rings is 2. The number of rotatable bonds is 6. The highest BCUT2D eigenvalue weighted by Gasteiger charge is 2.35. The number of anilines is 1. The Morgan fingerprint density at radius 1 is 1.10 bits per heavy atom. The molecule has 7 heteroatoms. The lowest BCUT2D eigenvalue weighted by molar-refractivity contribution is 0.0385. The van der Waals surface area contributed by atoms with Gasteiger partial charge in [0.15, 0.2) is 11.5 Å². The number of nitrogens with zero attached hydrogens (tertiary/aromatic N) is 1. The zero-order valence-electron chi connectivity index (χ0n) is 16.3. The van der Waals surface area contributed by atoms with Crippen LogP contribution >= 0.6 is 0 Å². The number of fused-ring (bicyclic) bond motifs is 1. The number of hydrogen-bond donors (Lipinski definition) is 2. The van der Waals surface area contributed by atoms with E-state index in [0.717, 1.165) is 25.0 Å². The summed E-state index contributed by atoms with van der Waals surface area (Å²) < 4.78 is 16.4. The molecule has 2 aromatic carbocycles. The molecule has 7 nitrogen and oxygen atoms in total. The zero-order chi connectivity index (χ0) is 20.1. The highest BCUT2D eigenvalue weighted by atomic mass is 16.7. The Labute approximate surface area is 170 Å². The predicted octanol–water partition coefficient (Wildman–Crippen LogP) is 3.49. The van der Waals surface area contributed by atoms with E-state index in [4.69, 9.17) is 14.2 Å². The Morgan fingerprint density at radius 3 is 2.62 bits per heavy atom. The largest absolute Gasteiger partial charge is 0.494 e. The van der Waals surface area contributed by atoms with Crippen LogP contribution in [0.5, 0.6) is 17.2 Å². The summed E-state index contributed by atoms with van der Waals surface area (Å²) in [7, 11) is 0. The average Bonchev–Trinajstić information content (AvgIpc) is 3.23. The van der Waals surface area contributed by atoms with Crippen LogP contribution in [0.1, 0.15) is 19.3 Å². The van der Waals surface area contributed by atoms with E-state index in [-0.39, 0.29) is 24.8 Å². The quantitative estimate of drug-likeness (QED) is 0.779. The van der Waals surface area contributed by atoms with Gasteiger partial charge >= 0.3 is 6.03 Å². The van der Waals surface area contributed by atoms with Crippen molar-refractivity contribution in [3.8, 4) is 17.2 Å². The molecule has 2 heterocycles. The summed E-state index contributed by atoms with van der Waals surface area (Å²) in [6.45, 7) is 2.05. The van der Waals surface area contributed by atoms with Crippen LogP contribution in [-0.2, 0) is 0 Å². The number of likely N-dealkylation sites (tertiary alicyclic amines) is 1. The summed E-state index contributed by atoms with van der Waals surface area (Å²) in [5, 5.41) is 12.9. The summed E-state index contributed by atoms with van der Waals surface area (Å²) in [4.78, 5) is 14.4. The van der Waals surface area contributed by atoms with Crippen LogP contribution in [0.25, 0.3) is 0 Å². The number of hydrogen-bond acceptors (Lipinski definition) is 5. The number of para-hydroxylation sites is 1. The topological polar surface area (TPSA) is 80.3 Å². The molecule has 29 heavy (non-hydrogen) atoms. The van der Waals surface area contributed by atoms with Gasteiger partial charge < -0.3 is 29.5 Å². The maximum atomic E-state index is 12.6. The molecule has 154 valence electrons. The summed E-state index contributed by atoms with van der Waals surface area (Å²) in [6, 6.07) is 14.9. The molecule has 1 saturated heterocycles. The van der Waals surface area contributed by atoms with Gasteiger partial charge in [0.25, 0.3) is 0 Å². The van der Waals surface area contributed by atoms with E-state index < -0.39 is 0 Å². The first kappa shape index (κ1) is 19.4. The number of urea groups is 1. The molecule has 1 fully saturated rings. The lowest BCUT2D eigenvalue weighted by Crippen LogP contribution is -2.46. The maximum Gasteiger partial charge on any atom is 0.321 e. The molecule has 0 bridgehead atoms. The first-order valence-corrected chi connectivity index (χ1v) is 9.92. The Hall–Kier alpha value is -2.93. The van der Waals surface area contributed by atoms with E-state index in [0.29, 0.717) is 36.9 Å². The van der Waals surface area contributed by atoms with Gasteiger partial charge in [0.05, 0.1) is 6.61 Å². The van der Waals surface area contributed by atoms with Crippen molar-refractivity contribution in [2.75, 3.05) is 38.4 Å². The molecule has 0 aliphatic carbocycles. The molecular weight excluding hydrogens is 372 g/mol. The number of aliphatic hydroxyl groups excluding tert-OH is 1. The molecule has 2 amide bonds. The van der Waals surface area contributed by atoms with Crippen LogP contribution in [-0.4, -0.2) is 49.1 Å². The van der Waals surface area contributed by atoms with Crippen LogP contribution in [0.2, 0.25) is 0 Å². The van der Waals surface area contributed by atoms with Gasteiger partial charge in [0, 0.05) is 36.9 Å². The second-order valence-corrected chi connectivity index (χ2v) is 7.55. The van der Waals surface area contributed by atoms with Gasteiger partial charge in [-0.1, -0.05) is 18.2 Å². The van der Waals surface area contributed by atoms with Crippen LogP contribution in [0.3, 0.4) is 0 Å². The van der Waals surface area contributed by atoms with E-state index in [2.05, 4.69) is 5.32 Å². The lowest BCUT2D eigenvalue weighted by Gasteiger charge is -2.40. The second-order valence-electron chi connectivity index (χ2n) is 7.55. The fraction of sp³-hybridized carbons (Fsp3) is 0.409. The van der Waals surface area contributed by atoms with Crippen molar-refractivity contribution in [3.63, 3.8) is 0 Å². The number of carbonyl (C=O) groups excluding carboxylic acids is 1. The van der Waals surface area contributed by atoms with Gasteiger partial charge in [-0.2, -0.15) is 0 Å². The minimum atomic E-state index is -0.204. The van der Waals surface area contributed by atoms with Gasteiger partial charge in [-0.25, -0.2) is 4.79 Å². The van der Waals surface area contributed by atoms with Crippen molar-refractivity contribution in [1.29, 1.82) is 0 Å². The van der Waals surface area contributed by atoms with Crippen molar-refractivity contribution in [3.05, 3.63) is 48.5 Å². The van der Waals surface area contributed by atoms with Crippen molar-refractivity contribution in [1.82, 2.24) is 4.90 Å². The highest BCUT2D eigenvalue weighted by Crippen LogP contribution is 2.36. The van der Waals surface area contributed by atoms with Gasteiger partial charge in [-0.3, -0.25) is 0 Å². The van der Waals surface area contributed by atoms with Gasteiger partial charge in [-0.15, -0.1) is 0 Å². The summed E-state index contributed by atoms with van der Waals surface area (Å²) in [5.41, 5.74) is 0.471. The smallest absolute Gasteiger partial charge is 0.321 e. The predicted molar refractivity (Wildman–Crippen MR) is 108 cm³/mol. The Morgan fingerprint density at radius 2 is 1.86 bits per heavy atom. The molecule has 0 aromatic heterocycles. The SMILES string of the molecule is O=C(Nc1ccc2c(c1)OCO2)N1CCC(CO)(CCOc2ccccc2)CC1. The molecule has 0 radical (unpaired) electrons. The molecule has 2 aliphatic heterocycles. The summed E-state index contributed by atoms with van der Waals surface area (Å²) in [6.07, 6.45) is 2.25. The minimum Gasteiger partial charge on any atom is -0.494 e. The third-order valence-corrected chi connectivity index (χ3v) is 5.71. The van der Waals surface area contributed by atoms with E-state index >= 15 is 0 Å². The molecule has 0 spiro atoms. The molecular formula is C22H26N2O5. The lowest BCUT2D eigenvalue weighted by atomic mass is 9.76. The van der Waals surface area contributed by atoms with Crippen LogP contribution in [0.4, 0.5) is 10.5 Å². The monoisotopic (exact) mass is 398 g/mol. The molecule has 2 aliphatic rings. The number of piperidine rings is 1. The molecule has 0 unspecified atom stereocenters. The van der Waals surface area contributed by atoms with E-state index in [1.807, 2.05) is 30.3 Å². The molecule has 0 atom stereocenters. The van der Waals surface area contributed by atoms with Crippen LogP contribution in [0.15, 0.2) is 48.5 Å². The van der Waals surface area contributed by atoms with Crippen molar-refractivity contribution < 1.29 is 24.1 Å². The number of nitrogens with one attached hydrogen (secondary N) is 1. The molecule has 0 saturated carbocycles. The first-order chi connectivity index (χ1) is 14.2. The maximum absolute atomic E-state index is 12.6. The van der Waals surface area contributed by atoms with Crippen LogP contribution in [0, 0.1) is 5.41 Å². The van der Waals surface area contributed by atoms with Gasteiger partial charge in [0.2, 0.25) is 6.79 Å². The Kier molecular flexibility index (Phi) is 5.76. The summed E-state index contributed by atoms with van der Waals surface area (Å²) in [5.74, 6) is 2.16. The van der Waals surface area contributed by atoms with Gasteiger partial charge in [0.1, 0.15) is 5.75 Å². The average molecular weight is 398 g/mol. The van der Waals surface area contributed by atoms with E-state index in [1.54, 1.807) is 23.1 Å². The zero-order valence-corrected chi connectivity index (χ0v) is 16.3. The number of carbonyl (C=O) groups is 1. The standard InChI is InChI=1S/C22H26N2O5/c25-15-22(10-13-27-18-4-2-1-3-5-18)8-11-24(12-9-22)21(26)23-17-6-7-19-20(14-17)29-16-28-19/h1-7,14,25H,8-13,15-16H2,(H,23,26). The second kappa shape index (κ2) is 8.61. The fourth-order valence-corrected chi connectivity index (χ4v) is 3.75. The third-order valence-electron chi connectivity index (χ3n) is 5.71. The molecule has 2 N–H and O–H groups in total. The minimum absolute atomic E-state index is 0.1000. The first-order valence-electron chi connectivity index (χ1n) is 9.92. The number of amides is 2. The Balaban J connectivity index is 1.27. The number of aliphatic hydroxyl groups is 1. The number of ether oxygens (including phenoxy) is 3. The normalized spacial score (nSPS) is 17.1. The van der Waals surface area contributed by atoms with E-state index in [1.165, 1.54) is 0 Å². The molecule has 2 aromatic rings. The Bertz CT molecular complexity index is 834. The fourth-order valence-electron chi connectivity index (χ4n) is 3.75. The van der Waals surface area contributed by atoms with Crippen molar-refractivity contribution >= 4 is 11.7 Å². The van der Waals surface area contributed by atoms with Crippen LogP contribution < -0.4 is 19.5 Å². The van der Waals surface area contributed by atoms with Gasteiger partial charge in [-0.05, 0) is 43.5 Å². The van der Waals surface area contributed by atoms with Crippen molar-refractivity contribution in [2.24, 2.45) is 5.41 Å². The third kappa shape index (κ3) is 4.56. The van der Waals surface area contributed by atoms with E-state index in [9.17, 15) is 9.90 Å². The van der Waals surface area contributed by atoms with Crippen molar-refractivity contribution in [2.45, 2.75) is 19.3 Å².